The average molecular weight is 333 g/mol. The molecular formula is C18H20FNO4. The summed E-state index contributed by atoms with van der Waals surface area (Å²) in [5.74, 6) is 1.05. The minimum atomic E-state index is -0.325. The van der Waals surface area contributed by atoms with Crippen molar-refractivity contribution in [2.75, 3.05) is 21.3 Å². The van der Waals surface area contributed by atoms with Crippen LogP contribution in [0.4, 0.5) is 4.39 Å². The minimum absolute atomic E-state index is 0.168. The van der Waals surface area contributed by atoms with E-state index >= 15 is 0 Å². The first-order valence-electron chi connectivity index (χ1n) is 7.38. The molecule has 0 bridgehead atoms. The number of hydrogen-bond donors (Lipinski definition) is 1. The zero-order chi connectivity index (χ0) is 17.5. The number of nitrogens with one attached hydrogen (secondary N) is 1. The maximum Gasteiger partial charge on any atom is 0.224 e. The third-order valence-corrected chi connectivity index (χ3v) is 3.54. The first-order valence-corrected chi connectivity index (χ1v) is 7.38. The van der Waals surface area contributed by atoms with Crippen molar-refractivity contribution in [2.45, 2.75) is 13.0 Å². The molecule has 128 valence electrons. The second-order valence-corrected chi connectivity index (χ2v) is 5.07. The molecule has 0 saturated heterocycles. The number of rotatable bonds is 7. The summed E-state index contributed by atoms with van der Waals surface area (Å²) in [5, 5.41) is 2.82. The maximum absolute atomic E-state index is 12.9. The highest BCUT2D eigenvalue weighted by Gasteiger charge is 2.16. The number of benzene rings is 2. The van der Waals surface area contributed by atoms with Gasteiger partial charge in [0.25, 0.3) is 0 Å². The van der Waals surface area contributed by atoms with Gasteiger partial charge in [-0.05, 0) is 29.8 Å². The zero-order valence-electron chi connectivity index (χ0n) is 13.9. The highest BCUT2D eigenvalue weighted by molar-refractivity contribution is 5.78. The molecule has 24 heavy (non-hydrogen) atoms. The molecule has 0 aliphatic heterocycles. The highest BCUT2D eigenvalue weighted by atomic mass is 19.1. The Balaban J connectivity index is 2.05. The predicted molar refractivity (Wildman–Crippen MR) is 88.0 cm³/mol. The molecule has 5 nitrogen and oxygen atoms in total. The van der Waals surface area contributed by atoms with Crippen molar-refractivity contribution in [1.82, 2.24) is 5.32 Å². The summed E-state index contributed by atoms with van der Waals surface area (Å²) in [6.07, 6.45) is 0.176. The van der Waals surface area contributed by atoms with Crippen LogP contribution >= 0.6 is 0 Å². The second kappa shape index (κ2) is 8.19. The molecular weight excluding hydrogens is 313 g/mol. The van der Waals surface area contributed by atoms with Gasteiger partial charge in [0.15, 0.2) is 11.5 Å². The summed E-state index contributed by atoms with van der Waals surface area (Å²) >= 11 is 0. The number of ether oxygens (including phenoxy) is 3. The lowest BCUT2D eigenvalue weighted by Crippen LogP contribution is -2.24. The van der Waals surface area contributed by atoms with Crippen molar-refractivity contribution in [3.8, 4) is 17.2 Å². The quantitative estimate of drug-likeness (QED) is 0.846. The van der Waals surface area contributed by atoms with Crippen LogP contribution in [-0.2, 0) is 17.8 Å². The first kappa shape index (κ1) is 17.6. The molecule has 0 fully saturated rings. The predicted octanol–water partition coefficient (Wildman–Crippen LogP) is 2.71. The minimum Gasteiger partial charge on any atom is -0.493 e. The molecule has 2 rings (SSSR count). The highest BCUT2D eigenvalue weighted by Crippen LogP contribution is 2.39. The van der Waals surface area contributed by atoms with Crippen LogP contribution in [0.2, 0.25) is 0 Å². The van der Waals surface area contributed by atoms with Gasteiger partial charge in [0.1, 0.15) is 5.82 Å². The fourth-order valence-electron chi connectivity index (χ4n) is 2.35. The van der Waals surface area contributed by atoms with Gasteiger partial charge in [0.05, 0.1) is 27.8 Å². The Labute approximate surface area is 140 Å². The molecule has 0 radical (unpaired) electrons. The van der Waals surface area contributed by atoms with E-state index < -0.39 is 0 Å². The van der Waals surface area contributed by atoms with Crippen LogP contribution in [0.1, 0.15) is 11.1 Å². The van der Waals surface area contributed by atoms with E-state index in [0.717, 1.165) is 11.1 Å². The SMILES string of the molecule is COc1ccc(CNC(=O)Cc2ccc(F)cc2)c(OC)c1OC. The van der Waals surface area contributed by atoms with Gasteiger partial charge in [0, 0.05) is 12.1 Å². The Bertz CT molecular complexity index is 701. The Kier molecular flexibility index (Phi) is 6.01. The van der Waals surface area contributed by atoms with Crippen molar-refractivity contribution in [1.29, 1.82) is 0 Å². The molecule has 1 N–H and O–H groups in total. The second-order valence-electron chi connectivity index (χ2n) is 5.07. The van der Waals surface area contributed by atoms with Gasteiger partial charge in [-0.1, -0.05) is 12.1 Å². The number of halogens is 1. The normalized spacial score (nSPS) is 10.2. The van der Waals surface area contributed by atoms with Gasteiger partial charge < -0.3 is 19.5 Å². The maximum atomic E-state index is 12.9. The summed E-state index contributed by atoms with van der Waals surface area (Å²) in [4.78, 5) is 12.0. The van der Waals surface area contributed by atoms with Gasteiger partial charge in [-0.25, -0.2) is 4.39 Å². The summed E-state index contributed by atoms with van der Waals surface area (Å²) < 4.78 is 28.8. The average Bonchev–Trinajstić information content (AvgIpc) is 2.60. The van der Waals surface area contributed by atoms with Crippen LogP contribution in [0, 0.1) is 5.82 Å². The number of carbonyl (C=O) groups is 1. The molecule has 0 spiro atoms. The molecule has 0 aliphatic carbocycles. The van der Waals surface area contributed by atoms with Crippen LogP contribution in [-0.4, -0.2) is 27.2 Å². The lowest BCUT2D eigenvalue weighted by Gasteiger charge is -2.16. The number of hydrogen-bond acceptors (Lipinski definition) is 4. The Morgan fingerprint density at radius 1 is 0.958 bits per heavy atom. The monoisotopic (exact) mass is 333 g/mol. The Hall–Kier alpha value is -2.76. The summed E-state index contributed by atoms with van der Waals surface area (Å²) in [7, 11) is 4.60. The van der Waals surface area contributed by atoms with Gasteiger partial charge in [-0.2, -0.15) is 0 Å². The summed E-state index contributed by atoms with van der Waals surface area (Å²) in [6.45, 7) is 0.281. The van der Waals surface area contributed by atoms with E-state index in [1.54, 1.807) is 31.4 Å². The van der Waals surface area contributed by atoms with Crippen LogP contribution in [0.5, 0.6) is 17.2 Å². The van der Waals surface area contributed by atoms with Gasteiger partial charge >= 0.3 is 0 Å². The molecule has 0 unspecified atom stereocenters. The van der Waals surface area contributed by atoms with Crippen molar-refractivity contribution in [2.24, 2.45) is 0 Å². The Morgan fingerprint density at radius 2 is 1.62 bits per heavy atom. The van der Waals surface area contributed by atoms with Crippen molar-refractivity contribution in [3.63, 3.8) is 0 Å². The van der Waals surface area contributed by atoms with E-state index in [2.05, 4.69) is 5.32 Å². The van der Waals surface area contributed by atoms with Crippen molar-refractivity contribution < 1.29 is 23.4 Å². The van der Waals surface area contributed by atoms with Gasteiger partial charge in [-0.15, -0.1) is 0 Å². The van der Waals surface area contributed by atoms with Gasteiger partial charge in [-0.3, -0.25) is 4.79 Å². The van der Waals surface area contributed by atoms with Crippen LogP contribution in [0.15, 0.2) is 36.4 Å². The van der Waals surface area contributed by atoms with Crippen molar-refractivity contribution >= 4 is 5.91 Å². The lowest BCUT2D eigenvalue weighted by molar-refractivity contribution is -0.120. The zero-order valence-corrected chi connectivity index (χ0v) is 13.9. The van der Waals surface area contributed by atoms with E-state index in [-0.39, 0.29) is 24.7 Å². The lowest BCUT2D eigenvalue weighted by atomic mass is 10.1. The molecule has 2 aromatic carbocycles. The fourth-order valence-corrected chi connectivity index (χ4v) is 2.35. The smallest absolute Gasteiger partial charge is 0.224 e. The number of amides is 1. The van der Waals surface area contributed by atoms with Crippen LogP contribution in [0.3, 0.4) is 0 Å². The standard InChI is InChI=1S/C18H20FNO4/c1-22-15-9-6-13(17(23-2)18(15)24-3)11-20-16(21)10-12-4-7-14(19)8-5-12/h4-9H,10-11H2,1-3H3,(H,20,21). The summed E-state index contributed by atoms with van der Waals surface area (Å²) in [5.41, 5.74) is 1.51. The first-order chi connectivity index (χ1) is 11.6. The van der Waals surface area contributed by atoms with Crippen LogP contribution < -0.4 is 19.5 Å². The third-order valence-electron chi connectivity index (χ3n) is 3.54. The van der Waals surface area contributed by atoms with E-state index in [1.165, 1.54) is 26.4 Å². The van der Waals surface area contributed by atoms with Crippen molar-refractivity contribution in [3.05, 3.63) is 53.3 Å². The Morgan fingerprint density at radius 3 is 2.21 bits per heavy atom. The third kappa shape index (κ3) is 4.16. The van der Waals surface area contributed by atoms with Gasteiger partial charge in [0.2, 0.25) is 11.7 Å². The molecule has 0 atom stereocenters. The fraction of sp³-hybridized carbons (Fsp3) is 0.278. The van der Waals surface area contributed by atoms with E-state index in [1.807, 2.05) is 0 Å². The largest absolute Gasteiger partial charge is 0.493 e. The number of carbonyl (C=O) groups excluding carboxylic acids is 1. The number of methoxy groups -OCH3 is 3. The molecule has 6 heteroatoms. The molecule has 2 aromatic rings. The molecule has 1 amide bonds. The molecule has 0 heterocycles. The molecule has 0 saturated carbocycles. The van der Waals surface area contributed by atoms with E-state index in [0.29, 0.717) is 17.2 Å². The van der Waals surface area contributed by atoms with Crippen LogP contribution in [0.25, 0.3) is 0 Å². The molecule has 0 aliphatic rings. The van der Waals surface area contributed by atoms with E-state index in [4.69, 9.17) is 14.2 Å². The molecule has 0 aromatic heterocycles. The summed E-state index contributed by atoms with van der Waals surface area (Å²) in [6, 6.07) is 9.40. The van der Waals surface area contributed by atoms with E-state index in [9.17, 15) is 9.18 Å². The topological polar surface area (TPSA) is 56.8 Å².